The number of nitrogen functional groups attached to an aromatic ring is 1. The molecule has 1 heterocycles. The number of aromatic nitrogens is 2. The van der Waals surface area contributed by atoms with Crippen molar-refractivity contribution in [3.63, 3.8) is 0 Å². The third-order valence-corrected chi connectivity index (χ3v) is 4.88. The maximum absolute atomic E-state index is 12.3. The van der Waals surface area contributed by atoms with Crippen LogP contribution < -0.4 is 10.5 Å². The summed E-state index contributed by atoms with van der Waals surface area (Å²) in [6, 6.07) is 11.4. The molecule has 1 aromatic carbocycles. The molecular weight excluding hydrogens is 296 g/mol. The van der Waals surface area contributed by atoms with E-state index in [1.54, 1.807) is 6.07 Å². The van der Waals surface area contributed by atoms with Crippen LogP contribution in [0, 0.1) is 0 Å². The second kappa shape index (κ2) is 6.64. The summed E-state index contributed by atoms with van der Waals surface area (Å²) in [7, 11) is 0. The number of anilines is 1. The maximum Gasteiger partial charge on any atom is 0.146 e. The van der Waals surface area contributed by atoms with Crippen LogP contribution in [0.5, 0.6) is 0 Å². The molecular formula is C16H22N4OS. The van der Waals surface area contributed by atoms with Gasteiger partial charge in [-0.2, -0.15) is 0 Å². The van der Waals surface area contributed by atoms with E-state index in [0.717, 1.165) is 16.8 Å². The predicted molar refractivity (Wildman–Crippen MR) is 91.3 cm³/mol. The molecule has 1 aromatic heterocycles. The molecule has 0 aliphatic carbocycles. The molecule has 0 amide bonds. The number of nitrogens with one attached hydrogen (secondary N) is 1. The van der Waals surface area contributed by atoms with Crippen LogP contribution in [0.3, 0.4) is 0 Å². The SMILES string of the molecule is CC(N[S@@+]([O-])C(C)(C)C)c1cc(N)nnc1-c1ccccc1. The molecule has 2 rings (SSSR count). The Labute approximate surface area is 134 Å². The lowest BCUT2D eigenvalue weighted by molar-refractivity contribution is 0.531. The van der Waals surface area contributed by atoms with Crippen LogP contribution in [0.4, 0.5) is 5.82 Å². The molecule has 22 heavy (non-hydrogen) atoms. The zero-order valence-electron chi connectivity index (χ0n) is 13.3. The van der Waals surface area contributed by atoms with Crippen LogP contribution in [0.15, 0.2) is 36.4 Å². The molecule has 1 unspecified atom stereocenters. The first-order valence-electron chi connectivity index (χ1n) is 7.15. The number of nitrogens with zero attached hydrogens (tertiary/aromatic N) is 2. The predicted octanol–water partition coefficient (Wildman–Crippen LogP) is 2.84. The number of rotatable bonds is 4. The Kier molecular flexibility index (Phi) is 5.05. The number of hydrogen-bond donors (Lipinski definition) is 2. The third-order valence-electron chi connectivity index (χ3n) is 3.20. The highest BCUT2D eigenvalue weighted by atomic mass is 32.2. The molecule has 118 valence electrons. The van der Waals surface area contributed by atoms with E-state index in [9.17, 15) is 4.55 Å². The van der Waals surface area contributed by atoms with E-state index in [1.165, 1.54) is 0 Å². The van der Waals surface area contributed by atoms with Crippen molar-refractivity contribution in [3.05, 3.63) is 42.0 Å². The van der Waals surface area contributed by atoms with Crippen LogP contribution in [0.2, 0.25) is 0 Å². The Morgan fingerprint density at radius 1 is 1.18 bits per heavy atom. The van der Waals surface area contributed by atoms with E-state index in [4.69, 9.17) is 5.73 Å². The van der Waals surface area contributed by atoms with Crippen molar-refractivity contribution < 1.29 is 4.55 Å². The smallest absolute Gasteiger partial charge is 0.146 e. The molecule has 6 heteroatoms. The van der Waals surface area contributed by atoms with Gasteiger partial charge in [0.05, 0.1) is 11.7 Å². The fourth-order valence-corrected chi connectivity index (χ4v) is 2.77. The Morgan fingerprint density at radius 3 is 2.41 bits per heavy atom. The summed E-state index contributed by atoms with van der Waals surface area (Å²) in [4.78, 5) is 0. The minimum Gasteiger partial charge on any atom is -0.598 e. The Hall–Kier alpha value is -1.63. The van der Waals surface area contributed by atoms with Crippen molar-refractivity contribution in [2.45, 2.75) is 38.5 Å². The van der Waals surface area contributed by atoms with Gasteiger partial charge in [0.2, 0.25) is 0 Å². The van der Waals surface area contributed by atoms with Crippen LogP contribution in [-0.2, 0) is 11.4 Å². The molecule has 5 nitrogen and oxygen atoms in total. The van der Waals surface area contributed by atoms with Gasteiger partial charge in [-0.1, -0.05) is 30.3 Å². The highest BCUT2D eigenvalue weighted by Gasteiger charge is 2.29. The first-order valence-corrected chi connectivity index (χ1v) is 8.30. The fourth-order valence-electron chi connectivity index (χ4n) is 1.97. The minimum absolute atomic E-state index is 0.159. The van der Waals surface area contributed by atoms with Crippen molar-refractivity contribution in [1.29, 1.82) is 0 Å². The van der Waals surface area contributed by atoms with Crippen molar-refractivity contribution in [3.8, 4) is 11.3 Å². The standard InChI is InChI=1S/C16H22N4OS/c1-11(20-22(21)16(2,3)4)13-10-14(17)18-19-15(13)12-8-6-5-7-9-12/h5-11,20H,1-4H3,(H2,17,18)/t11?,22-/m0/s1. The minimum atomic E-state index is -1.18. The molecule has 0 bridgehead atoms. The van der Waals surface area contributed by atoms with Gasteiger partial charge in [0.1, 0.15) is 10.6 Å². The lowest BCUT2D eigenvalue weighted by atomic mass is 10.0. The van der Waals surface area contributed by atoms with E-state index in [0.29, 0.717) is 5.82 Å². The first kappa shape index (κ1) is 16.7. The van der Waals surface area contributed by atoms with Gasteiger partial charge in [-0.25, -0.2) is 0 Å². The monoisotopic (exact) mass is 318 g/mol. The van der Waals surface area contributed by atoms with Gasteiger partial charge in [-0.05, 0) is 33.8 Å². The van der Waals surface area contributed by atoms with Crippen LogP contribution >= 0.6 is 0 Å². The normalized spacial score (nSPS) is 14.6. The van der Waals surface area contributed by atoms with E-state index in [1.807, 2.05) is 58.0 Å². The van der Waals surface area contributed by atoms with Crippen molar-refractivity contribution >= 4 is 17.2 Å². The maximum atomic E-state index is 12.3. The molecule has 2 atom stereocenters. The van der Waals surface area contributed by atoms with Crippen LogP contribution in [0.1, 0.15) is 39.3 Å². The Bertz CT molecular complexity index is 628. The lowest BCUT2D eigenvalue weighted by Crippen LogP contribution is -2.40. The molecule has 0 aliphatic rings. The van der Waals surface area contributed by atoms with Crippen molar-refractivity contribution in [2.75, 3.05) is 5.73 Å². The highest BCUT2D eigenvalue weighted by Crippen LogP contribution is 2.28. The van der Waals surface area contributed by atoms with Crippen molar-refractivity contribution in [1.82, 2.24) is 14.9 Å². The molecule has 0 radical (unpaired) electrons. The zero-order chi connectivity index (χ0) is 16.3. The molecule has 0 saturated heterocycles. The first-order chi connectivity index (χ1) is 10.3. The van der Waals surface area contributed by atoms with Gasteiger partial charge in [0.25, 0.3) is 0 Å². The highest BCUT2D eigenvalue weighted by molar-refractivity contribution is 7.90. The van der Waals surface area contributed by atoms with Gasteiger partial charge >= 0.3 is 0 Å². The fraction of sp³-hybridized carbons (Fsp3) is 0.375. The van der Waals surface area contributed by atoms with E-state index >= 15 is 0 Å². The lowest BCUT2D eigenvalue weighted by Gasteiger charge is -2.27. The number of hydrogen-bond acceptors (Lipinski definition) is 5. The van der Waals surface area contributed by atoms with Gasteiger partial charge in [-0.15, -0.1) is 14.9 Å². The summed E-state index contributed by atoms with van der Waals surface area (Å²) >= 11 is -1.18. The summed E-state index contributed by atoms with van der Waals surface area (Å²) in [5.41, 5.74) is 8.38. The molecule has 3 N–H and O–H groups in total. The van der Waals surface area contributed by atoms with Crippen molar-refractivity contribution in [2.24, 2.45) is 0 Å². The summed E-state index contributed by atoms with van der Waals surface area (Å²) in [5.74, 6) is 0.352. The Morgan fingerprint density at radius 2 is 1.82 bits per heavy atom. The summed E-state index contributed by atoms with van der Waals surface area (Å²) in [6.07, 6.45) is 0. The molecule has 0 fully saturated rings. The molecule has 0 spiro atoms. The number of nitrogens with two attached hydrogens (primary N) is 1. The second-order valence-corrected chi connectivity index (χ2v) is 8.16. The topological polar surface area (TPSA) is 86.9 Å². The van der Waals surface area contributed by atoms with E-state index in [2.05, 4.69) is 14.9 Å². The Balaban J connectivity index is 2.36. The average Bonchev–Trinajstić information content (AvgIpc) is 2.47. The van der Waals surface area contributed by atoms with Crippen LogP contribution in [0.25, 0.3) is 11.3 Å². The second-order valence-electron chi connectivity index (χ2n) is 6.16. The number of benzene rings is 1. The molecule has 2 aromatic rings. The van der Waals surface area contributed by atoms with E-state index < -0.39 is 11.4 Å². The summed E-state index contributed by atoms with van der Waals surface area (Å²) in [5, 5.41) is 8.18. The van der Waals surface area contributed by atoms with Gasteiger partial charge in [0, 0.05) is 22.5 Å². The van der Waals surface area contributed by atoms with Gasteiger partial charge in [0.15, 0.2) is 0 Å². The summed E-state index contributed by atoms with van der Waals surface area (Å²) < 4.78 is 15.1. The zero-order valence-corrected chi connectivity index (χ0v) is 14.1. The largest absolute Gasteiger partial charge is 0.598 e. The molecule has 0 aliphatic heterocycles. The van der Waals surface area contributed by atoms with E-state index in [-0.39, 0.29) is 10.8 Å². The third kappa shape index (κ3) is 3.97. The van der Waals surface area contributed by atoms with Gasteiger partial charge < -0.3 is 10.3 Å². The average molecular weight is 318 g/mol. The van der Waals surface area contributed by atoms with Crippen LogP contribution in [-0.4, -0.2) is 19.5 Å². The quantitative estimate of drug-likeness (QED) is 0.846. The molecule has 0 saturated carbocycles. The summed E-state index contributed by atoms with van der Waals surface area (Å²) in [6.45, 7) is 7.74. The van der Waals surface area contributed by atoms with Gasteiger partial charge in [-0.3, -0.25) is 0 Å².